The van der Waals surface area contributed by atoms with Crippen LogP contribution in [-0.4, -0.2) is 49.0 Å². The van der Waals surface area contributed by atoms with Crippen LogP contribution < -0.4 is 10.0 Å². The predicted octanol–water partition coefficient (Wildman–Crippen LogP) is 2.42. The highest BCUT2D eigenvalue weighted by Gasteiger charge is 2.36. The number of rotatable bonds is 6. The molecule has 1 fully saturated rings. The highest BCUT2D eigenvalue weighted by molar-refractivity contribution is 7.89. The summed E-state index contributed by atoms with van der Waals surface area (Å²) in [6.45, 7) is 1.91. The number of likely N-dealkylation sites (N-methyl/N-ethyl adjacent to an activating group) is 1. The molecule has 0 saturated carbocycles. The summed E-state index contributed by atoms with van der Waals surface area (Å²) >= 11 is 0. The molecule has 1 saturated heterocycles. The van der Waals surface area contributed by atoms with Crippen LogP contribution in [0.3, 0.4) is 0 Å². The summed E-state index contributed by atoms with van der Waals surface area (Å²) in [5.41, 5.74) is 1.40. The fourth-order valence-electron chi connectivity index (χ4n) is 3.66. The van der Waals surface area contributed by atoms with Crippen molar-refractivity contribution in [2.75, 3.05) is 18.9 Å². The molecule has 3 aromatic rings. The predicted molar refractivity (Wildman–Crippen MR) is 115 cm³/mol. The van der Waals surface area contributed by atoms with Crippen LogP contribution in [0.1, 0.15) is 25.3 Å². The second-order valence-electron chi connectivity index (χ2n) is 7.54. The summed E-state index contributed by atoms with van der Waals surface area (Å²) in [6.07, 6.45) is 0.510. The van der Waals surface area contributed by atoms with E-state index in [1.165, 1.54) is 19.1 Å². The molecule has 1 aromatic heterocycles. The number of nitrogens with one attached hydrogen (secondary N) is 2. The minimum atomic E-state index is -3.71. The molecule has 0 spiro atoms. The largest absolute Gasteiger partial charge is 0.337 e. The van der Waals surface area contributed by atoms with Crippen molar-refractivity contribution in [1.29, 1.82) is 0 Å². The zero-order chi connectivity index (χ0) is 22.0. The number of hydrogen-bond donors (Lipinski definition) is 2. The fourth-order valence-corrected chi connectivity index (χ4v) is 4.90. The molecule has 2 N–H and O–H groups in total. The molecule has 0 aliphatic carbocycles. The average molecular weight is 442 g/mol. The third-order valence-electron chi connectivity index (χ3n) is 5.11. The van der Waals surface area contributed by atoms with E-state index in [0.717, 1.165) is 5.56 Å². The lowest BCUT2D eigenvalue weighted by molar-refractivity contribution is -0.114. The van der Waals surface area contributed by atoms with Gasteiger partial charge in [-0.05, 0) is 37.7 Å². The van der Waals surface area contributed by atoms with Crippen molar-refractivity contribution in [1.82, 2.24) is 19.8 Å². The third-order valence-corrected chi connectivity index (χ3v) is 6.65. The molecule has 2 heterocycles. The molecule has 31 heavy (non-hydrogen) atoms. The normalized spacial score (nSPS) is 19.4. The lowest BCUT2D eigenvalue weighted by atomic mass is 10.2. The molecule has 1 aliphatic heterocycles. The molecule has 2 atom stereocenters. The lowest BCUT2D eigenvalue weighted by Crippen LogP contribution is -2.36. The Morgan fingerprint density at radius 3 is 2.52 bits per heavy atom. The van der Waals surface area contributed by atoms with Crippen LogP contribution in [0.2, 0.25) is 0 Å². The number of nitrogens with zero attached hydrogens (tertiary/aromatic N) is 3. The van der Waals surface area contributed by atoms with Gasteiger partial charge in [-0.3, -0.25) is 9.69 Å². The zero-order valence-corrected chi connectivity index (χ0v) is 18.0. The van der Waals surface area contributed by atoms with Gasteiger partial charge in [-0.2, -0.15) is 4.98 Å². The summed E-state index contributed by atoms with van der Waals surface area (Å²) in [5.74, 6) is 0.750. The van der Waals surface area contributed by atoms with Gasteiger partial charge in [0.2, 0.25) is 27.6 Å². The summed E-state index contributed by atoms with van der Waals surface area (Å²) in [7, 11) is -1.82. The van der Waals surface area contributed by atoms with E-state index in [2.05, 4.69) is 20.2 Å². The first-order valence-corrected chi connectivity index (χ1v) is 11.3. The van der Waals surface area contributed by atoms with Crippen LogP contribution in [0.15, 0.2) is 64.0 Å². The van der Waals surface area contributed by atoms with E-state index < -0.39 is 10.0 Å². The van der Waals surface area contributed by atoms with E-state index in [9.17, 15) is 13.2 Å². The Labute approximate surface area is 180 Å². The van der Waals surface area contributed by atoms with Crippen molar-refractivity contribution >= 4 is 21.6 Å². The Kier molecular flexibility index (Phi) is 5.86. The quantitative estimate of drug-likeness (QED) is 0.603. The Bertz CT molecular complexity index is 1160. The van der Waals surface area contributed by atoms with Gasteiger partial charge in [-0.25, -0.2) is 13.1 Å². The number of hydrogen-bond acceptors (Lipinski definition) is 7. The minimum Gasteiger partial charge on any atom is -0.337 e. The molecule has 0 unspecified atom stereocenters. The molecule has 9 nitrogen and oxygen atoms in total. The van der Waals surface area contributed by atoms with Gasteiger partial charge in [0.05, 0.1) is 10.9 Å². The van der Waals surface area contributed by atoms with Crippen molar-refractivity contribution in [3.8, 4) is 11.4 Å². The van der Waals surface area contributed by atoms with Gasteiger partial charge >= 0.3 is 0 Å². The number of amides is 1. The van der Waals surface area contributed by atoms with Gasteiger partial charge in [0.1, 0.15) is 0 Å². The van der Waals surface area contributed by atoms with Gasteiger partial charge in [-0.1, -0.05) is 35.5 Å². The smallest absolute Gasteiger partial charge is 0.244 e. The first-order valence-electron chi connectivity index (χ1n) is 9.81. The summed E-state index contributed by atoms with van der Waals surface area (Å²) in [4.78, 5) is 17.8. The molecule has 1 aliphatic rings. The first kappa shape index (κ1) is 21.2. The van der Waals surface area contributed by atoms with Crippen LogP contribution >= 0.6 is 0 Å². The van der Waals surface area contributed by atoms with Crippen molar-refractivity contribution in [3.05, 3.63) is 60.5 Å². The van der Waals surface area contributed by atoms with Gasteiger partial charge in [-0.15, -0.1) is 0 Å². The van der Waals surface area contributed by atoms with Crippen LogP contribution in [0.4, 0.5) is 5.69 Å². The Balaban J connectivity index is 1.44. The maximum absolute atomic E-state index is 12.8. The molecule has 0 radical (unpaired) electrons. The van der Waals surface area contributed by atoms with Crippen molar-refractivity contribution < 1.29 is 17.7 Å². The summed E-state index contributed by atoms with van der Waals surface area (Å²) in [6, 6.07) is 15.1. The monoisotopic (exact) mass is 441 g/mol. The van der Waals surface area contributed by atoms with Crippen LogP contribution in [0.25, 0.3) is 11.4 Å². The Morgan fingerprint density at radius 1 is 1.13 bits per heavy atom. The third kappa shape index (κ3) is 4.82. The van der Waals surface area contributed by atoms with E-state index in [-0.39, 0.29) is 22.9 Å². The van der Waals surface area contributed by atoms with Gasteiger partial charge in [0.25, 0.3) is 0 Å². The van der Waals surface area contributed by atoms with E-state index in [0.29, 0.717) is 30.4 Å². The van der Waals surface area contributed by atoms with Gasteiger partial charge < -0.3 is 9.84 Å². The topological polar surface area (TPSA) is 117 Å². The van der Waals surface area contributed by atoms with E-state index in [4.69, 9.17) is 4.52 Å². The first-order chi connectivity index (χ1) is 14.8. The fraction of sp³-hybridized carbons (Fsp3) is 0.286. The SMILES string of the molecule is CC(=O)Nc1ccc(S(=O)(=O)N[C@@H]2C[C@@H](c3nc(-c4ccccc4)no3)N(C)C2)cc1. The van der Waals surface area contributed by atoms with Crippen molar-refractivity contribution in [2.45, 2.75) is 30.3 Å². The highest BCUT2D eigenvalue weighted by atomic mass is 32.2. The standard InChI is InChI=1S/C21H23N5O4S/c1-14(27)22-16-8-10-18(11-9-16)31(28,29)25-17-12-19(26(2)13-17)21-23-20(24-30-21)15-6-4-3-5-7-15/h3-11,17,19,25H,12-13H2,1-2H3,(H,22,27)/t17-,19+/m1/s1. The molecule has 1 amide bonds. The maximum Gasteiger partial charge on any atom is 0.244 e. The second-order valence-corrected chi connectivity index (χ2v) is 9.25. The van der Waals surface area contributed by atoms with Gasteiger partial charge in [0.15, 0.2) is 0 Å². The molecule has 4 rings (SSSR count). The van der Waals surface area contributed by atoms with Gasteiger partial charge in [0, 0.05) is 30.8 Å². The van der Waals surface area contributed by atoms with E-state index in [1.54, 1.807) is 12.1 Å². The van der Waals surface area contributed by atoms with Crippen molar-refractivity contribution in [2.24, 2.45) is 0 Å². The maximum atomic E-state index is 12.8. The van der Waals surface area contributed by atoms with Crippen LogP contribution in [0, 0.1) is 0 Å². The number of carbonyl (C=O) groups is 1. The molecule has 2 aromatic carbocycles. The summed E-state index contributed by atoms with van der Waals surface area (Å²) in [5, 5.41) is 6.68. The Hall–Kier alpha value is -3.08. The summed E-state index contributed by atoms with van der Waals surface area (Å²) < 4.78 is 33.8. The number of aromatic nitrogens is 2. The minimum absolute atomic E-state index is 0.136. The number of benzene rings is 2. The number of carbonyl (C=O) groups excluding carboxylic acids is 1. The molecular formula is C21H23N5O4S. The van der Waals surface area contributed by atoms with Crippen LogP contribution in [0.5, 0.6) is 0 Å². The van der Waals surface area contributed by atoms with E-state index >= 15 is 0 Å². The zero-order valence-electron chi connectivity index (χ0n) is 17.1. The highest BCUT2D eigenvalue weighted by Crippen LogP contribution is 2.31. The molecular weight excluding hydrogens is 418 g/mol. The average Bonchev–Trinajstić information content (AvgIpc) is 3.35. The second kappa shape index (κ2) is 8.58. The number of likely N-dealkylation sites (tertiary alicyclic amines) is 1. The van der Waals surface area contributed by atoms with Crippen LogP contribution in [-0.2, 0) is 14.8 Å². The number of anilines is 1. The lowest BCUT2D eigenvalue weighted by Gasteiger charge is -2.14. The number of sulfonamides is 1. The van der Waals surface area contributed by atoms with E-state index in [1.807, 2.05) is 42.3 Å². The molecule has 162 valence electrons. The molecule has 10 heteroatoms. The Morgan fingerprint density at radius 2 is 1.84 bits per heavy atom. The van der Waals surface area contributed by atoms with Crippen molar-refractivity contribution in [3.63, 3.8) is 0 Å². The molecule has 0 bridgehead atoms.